The maximum atomic E-state index is 14.0. The topological polar surface area (TPSA) is 0 Å². The quantitative estimate of drug-likeness (QED) is 0.284. The molecule has 0 aromatic heterocycles. The van der Waals surface area contributed by atoms with Crippen molar-refractivity contribution in [3.05, 3.63) is 88.2 Å². The Hall–Kier alpha value is -2.91. The smallest absolute Gasteiger partial charge is 0.204 e. The van der Waals surface area contributed by atoms with Gasteiger partial charge < -0.3 is 0 Å². The van der Waals surface area contributed by atoms with Gasteiger partial charge in [-0.1, -0.05) is 51.8 Å². The fourth-order valence-electron chi connectivity index (χ4n) is 3.61. The minimum atomic E-state index is -4.77. The van der Waals surface area contributed by atoms with Crippen LogP contribution in [0.5, 0.6) is 0 Å². The lowest BCUT2D eigenvalue weighted by atomic mass is 9.36. The van der Waals surface area contributed by atoms with E-state index in [1.54, 1.807) is 0 Å². The van der Waals surface area contributed by atoms with Crippen LogP contribution < -0.4 is 16.4 Å². The molecule has 3 aromatic carbocycles. The standard InChI is InChI=1S/C22H14BF9/c1-11-3-13(21(27,28)29)7-15(5-11)23(17-9-18(24)20(26)19(25)10-17)16-6-12(2)4-14(8-16)22(30,31)32/h3-10H,1-2H3. The summed E-state index contributed by atoms with van der Waals surface area (Å²) in [5.41, 5.74) is -2.53. The van der Waals surface area contributed by atoms with E-state index >= 15 is 0 Å². The highest BCUT2D eigenvalue weighted by Gasteiger charge is 2.35. The lowest BCUT2D eigenvalue weighted by Crippen LogP contribution is -2.53. The van der Waals surface area contributed by atoms with E-state index in [1.807, 2.05) is 0 Å². The zero-order chi connectivity index (χ0) is 24.0. The second-order valence-electron chi connectivity index (χ2n) is 7.49. The molecule has 0 saturated heterocycles. The van der Waals surface area contributed by atoms with Crippen molar-refractivity contribution in [3.63, 3.8) is 0 Å². The molecule has 3 aromatic rings. The second kappa shape index (κ2) is 8.22. The van der Waals surface area contributed by atoms with E-state index in [0.29, 0.717) is 24.3 Å². The molecule has 0 bridgehead atoms. The van der Waals surface area contributed by atoms with Crippen LogP contribution in [0.15, 0.2) is 48.5 Å². The monoisotopic (exact) mass is 460 g/mol. The van der Waals surface area contributed by atoms with Gasteiger partial charge in [-0.15, -0.1) is 0 Å². The molecule has 3 rings (SSSR count). The van der Waals surface area contributed by atoms with Crippen molar-refractivity contribution in [1.29, 1.82) is 0 Å². The average molecular weight is 460 g/mol. The van der Waals surface area contributed by atoms with Crippen LogP contribution in [0.4, 0.5) is 39.5 Å². The van der Waals surface area contributed by atoms with Gasteiger partial charge in [0.25, 0.3) is 0 Å². The van der Waals surface area contributed by atoms with Gasteiger partial charge in [-0.05, 0) is 38.1 Å². The Morgan fingerprint density at radius 2 is 0.875 bits per heavy atom. The van der Waals surface area contributed by atoms with Gasteiger partial charge in [-0.3, -0.25) is 0 Å². The zero-order valence-corrected chi connectivity index (χ0v) is 16.6. The van der Waals surface area contributed by atoms with E-state index in [0.717, 1.165) is 12.1 Å². The van der Waals surface area contributed by atoms with Crippen LogP contribution in [-0.2, 0) is 12.4 Å². The van der Waals surface area contributed by atoms with Gasteiger partial charge >= 0.3 is 12.4 Å². The summed E-state index contributed by atoms with van der Waals surface area (Å²) in [6.07, 6.45) is -9.54. The minimum absolute atomic E-state index is 0.131. The molecule has 0 aliphatic heterocycles. The third-order valence-electron chi connectivity index (χ3n) is 4.86. The Morgan fingerprint density at radius 3 is 1.22 bits per heavy atom. The van der Waals surface area contributed by atoms with Crippen LogP contribution in [0, 0.1) is 31.3 Å². The Bertz CT molecular complexity index is 1080. The first-order valence-corrected chi connectivity index (χ1v) is 9.19. The van der Waals surface area contributed by atoms with E-state index in [2.05, 4.69) is 0 Å². The molecule has 0 spiro atoms. The second-order valence-corrected chi connectivity index (χ2v) is 7.49. The summed E-state index contributed by atoms with van der Waals surface area (Å²) in [5, 5.41) is 0. The van der Waals surface area contributed by atoms with E-state index in [9.17, 15) is 39.5 Å². The molecular formula is C22H14BF9. The Morgan fingerprint density at radius 1 is 0.531 bits per heavy atom. The van der Waals surface area contributed by atoms with Gasteiger partial charge in [0.1, 0.15) is 0 Å². The summed E-state index contributed by atoms with van der Waals surface area (Å²) >= 11 is 0. The maximum absolute atomic E-state index is 14.0. The summed E-state index contributed by atoms with van der Waals surface area (Å²) in [7, 11) is 0. The number of rotatable bonds is 3. The van der Waals surface area contributed by atoms with Crippen LogP contribution in [0.1, 0.15) is 22.3 Å². The van der Waals surface area contributed by atoms with Gasteiger partial charge in [-0.25, -0.2) is 13.2 Å². The molecule has 0 nitrogen and oxygen atoms in total. The van der Waals surface area contributed by atoms with Crippen molar-refractivity contribution in [2.45, 2.75) is 26.2 Å². The number of halogens is 9. The van der Waals surface area contributed by atoms with Crippen molar-refractivity contribution in [2.24, 2.45) is 0 Å². The molecule has 10 heteroatoms. The van der Waals surface area contributed by atoms with Crippen LogP contribution >= 0.6 is 0 Å². The molecule has 0 radical (unpaired) electrons. The molecule has 0 saturated carbocycles. The first-order chi connectivity index (χ1) is 14.7. The van der Waals surface area contributed by atoms with Crippen molar-refractivity contribution in [2.75, 3.05) is 0 Å². The molecule has 0 atom stereocenters. The highest BCUT2D eigenvalue weighted by atomic mass is 19.4. The molecule has 0 N–H and O–H groups in total. The number of aryl methyl sites for hydroxylation is 2. The van der Waals surface area contributed by atoms with Crippen LogP contribution in [0.2, 0.25) is 0 Å². The third kappa shape index (κ3) is 4.94. The van der Waals surface area contributed by atoms with Gasteiger partial charge in [0.2, 0.25) is 6.71 Å². The lowest BCUT2D eigenvalue weighted by molar-refractivity contribution is -0.138. The summed E-state index contributed by atoms with van der Waals surface area (Å²) < 4.78 is 122. The predicted octanol–water partition coefficient (Wildman–Crippen LogP) is 5.27. The fraction of sp³-hybridized carbons (Fsp3) is 0.182. The van der Waals surface area contributed by atoms with Gasteiger partial charge in [0.05, 0.1) is 11.1 Å². The van der Waals surface area contributed by atoms with Crippen LogP contribution in [0.25, 0.3) is 0 Å². The zero-order valence-electron chi connectivity index (χ0n) is 16.6. The minimum Gasteiger partial charge on any atom is -0.204 e. The molecule has 0 unspecified atom stereocenters. The first-order valence-electron chi connectivity index (χ1n) is 9.19. The van der Waals surface area contributed by atoms with Gasteiger partial charge in [0.15, 0.2) is 17.5 Å². The Kier molecular flexibility index (Phi) is 6.10. The molecule has 0 amide bonds. The van der Waals surface area contributed by atoms with E-state index in [4.69, 9.17) is 0 Å². The van der Waals surface area contributed by atoms with E-state index < -0.39 is 47.6 Å². The number of hydrogen-bond donors (Lipinski definition) is 0. The third-order valence-corrected chi connectivity index (χ3v) is 4.86. The van der Waals surface area contributed by atoms with Crippen molar-refractivity contribution < 1.29 is 39.5 Å². The van der Waals surface area contributed by atoms with Crippen LogP contribution in [0.3, 0.4) is 0 Å². The molecule has 32 heavy (non-hydrogen) atoms. The van der Waals surface area contributed by atoms with Gasteiger partial charge in [-0.2, -0.15) is 26.3 Å². The molecule has 0 aliphatic carbocycles. The predicted molar refractivity (Wildman–Crippen MR) is 103 cm³/mol. The van der Waals surface area contributed by atoms with Crippen molar-refractivity contribution in [1.82, 2.24) is 0 Å². The maximum Gasteiger partial charge on any atom is 0.416 e. The summed E-state index contributed by atoms with van der Waals surface area (Å²) in [6, 6.07) is 6.75. The first kappa shape index (κ1) is 23.8. The van der Waals surface area contributed by atoms with E-state index in [-0.39, 0.29) is 27.5 Å². The normalized spacial score (nSPS) is 12.2. The van der Waals surface area contributed by atoms with Gasteiger partial charge in [0, 0.05) is 0 Å². The Labute approximate surface area is 177 Å². The highest BCUT2D eigenvalue weighted by molar-refractivity contribution is 6.95. The fourth-order valence-corrected chi connectivity index (χ4v) is 3.61. The number of alkyl halides is 6. The molecular weight excluding hydrogens is 446 g/mol. The SMILES string of the molecule is Cc1cc(B(c2cc(C)cc(C(F)(F)F)c2)c2cc(F)c(F)c(F)c2)cc(C(F)(F)F)c1. The molecule has 0 aliphatic rings. The largest absolute Gasteiger partial charge is 0.416 e. The highest BCUT2D eigenvalue weighted by Crippen LogP contribution is 2.30. The van der Waals surface area contributed by atoms with Crippen molar-refractivity contribution in [3.8, 4) is 0 Å². The molecule has 0 fully saturated rings. The molecule has 0 heterocycles. The summed E-state index contributed by atoms with van der Waals surface area (Å²) in [5.74, 6) is -5.03. The summed E-state index contributed by atoms with van der Waals surface area (Å²) in [6.45, 7) is 1.26. The lowest BCUT2D eigenvalue weighted by Gasteiger charge is -2.20. The Balaban J connectivity index is 2.35. The van der Waals surface area contributed by atoms with Crippen LogP contribution in [-0.4, -0.2) is 6.71 Å². The van der Waals surface area contributed by atoms with E-state index in [1.165, 1.54) is 26.0 Å². The molecule has 168 valence electrons. The average Bonchev–Trinajstić information content (AvgIpc) is 2.64. The summed E-state index contributed by atoms with van der Waals surface area (Å²) in [4.78, 5) is 0. The number of benzene rings is 3. The number of hydrogen-bond acceptors (Lipinski definition) is 0. The van der Waals surface area contributed by atoms with Crippen molar-refractivity contribution >= 4 is 23.1 Å².